The van der Waals surface area contributed by atoms with Gasteiger partial charge >= 0.3 is 5.97 Å². The van der Waals surface area contributed by atoms with E-state index in [0.29, 0.717) is 6.42 Å². The SMILES string of the molecule is C=CC[C@@H](/C=C/[C@H](O[Si](C)(C)C(C)(C)C)[C@@H]1OC(C)(C)O[C@H]1[C@H](C)O[Si](C)(C)C(C)(C)C)OC(=O)C=C. The van der Waals surface area contributed by atoms with Crippen molar-refractivity contribution in [1.82, 2.24) is 0 Å². The second-order valence-electron chi connectivity index (χ2n) is 13.6. The van der Waals surface area contributed by atoms with Crippen molar-refractivity contribution in [2.45, 2.75) is 141 Å². The molecular formula is C29H54O6Si2. The third-order valence-electron chi connectivity index (χ3n) is 7.82. The molecule has 1 rings (SSSR count). The first-order valence-electron chi connectivity index (χ1n) is 13.4. The number of rotatable bonds is 12. The maximum absolute atomic E-state index is 11.9. The van der Waals surface area contributed by atoms with Crippen LogP contribution in [-0.2, 0) is 27.9 Å². The molecule has 0 radical (unpaired) electrons. The topological polar surface area (TPSA) is 63.2 Å². The van der Waals surface area contributed by atoms with Crippen LogP contribution >= 0.6 is 0 Å². The molecule has 1 aliphatic rings. The van der Waals surface area contributed by atoms with E-state index in [1.165, 1.54) is 6.08 Å². The standard InChI is InChI=1S/C29H54O6Si2/c1-16-18-22(31-24(30)17-2)19-20-23(35-37(14,15)28(7,8)9)26-25(32-29(10,11)33-26)21(3)34-36(12,13)27(4,5)6/h16-17,19-23,25-26H,1-2,18H2,3-15H3/b20-19+/t21-,22-,23-,25-,26-/m0/s1. The van der Waals surface area contributed by atoms with E-state index in [2.05, 4.69) is 87.8 Å². The van der Waals surface area contributed by atoms with Gasteiger partial charge in [0, 0.05) is 12.5 Å². The molecule has 8 heteroatoms. The zero-order chi connectivity index (χ0) is 29.0. The lowest BCUT2D eigenvalue weighted by Crippen LogP contribution is -2.52. The van der Waals surface area contributed by atoms with E-state index >= 15 is 0 Å². The Morgan fingerprint density at radius 3 is 1.86 bits per heavy atom. The molecule has 0 aromatic carbocycles. The molecular weight excluding hydrogens is 500 g/mol. The monoisotopic (exact) mass is 554 g/mol. The summed E-state index contributed by atoms with van der Waals surface area (Å²) in [5, 5.41) is 0.0538. The first-order chi connectivity index (χ1) is 16.6. The molecule has 0 saturated carbocycles. The summed E-state index contributed by atoms with van der Waals surface area (Å²) in [7, 11) is -4.27. The number of esters is 1. The van der Waals surface area contributed by atoms with Crippen LogP contribution in [0.2, 0.25) is 36.3 Å². The molecule has 37 heavy (non-hydrogen) atoms. The molecule has 0 aromatic rings. The molecule has 6 nitrogen and oxygen atoms in total. The summed E-state index contributed by atoms with van der Waals surface area (Å²) in [5.41, 5.74) is 0. The van der Waals surface area contributed by atoms with Gasteiger partial charge in [0.25, 0.3) is 0 Å². The Kier molecular flexibility index (Phi) is 11.4. The quantitative estimate of drug-likeness (QED) is 0.107. The summed E-state index contributed by atoms with van der Waals surface area (Å²) in [6, 6.07) is 0. The Bertz CT molecular complexity index is 819. The fraction of sp³-hybridized carbons (Fsp3) is 0.759. The highest BCUT2D eigenvalue weighted by Crippen LogP contribution is 2.43. The predicted octanol–water partition coefficient (Wildman–Crippen LogP) is 7.54. The fourth-order valence-electron chi connectivity index (χ4n) is 3.64. The molecule has 1 fully saturated rings. The van der Waals surface area contributed by atoms with Crippen molar-refractivity contribution in [3.63, 3.8) is 0 Å². The van der Waals surface area contributed by atoms with Gasteiger partial charge in [0.1, 0.15) is 18.3 Å². The third kappa shape index (κ3) is 9.58. The highest BCUT2D eigenvalue weighted by atomic mass is 28.4. The van der Waals surface area contributed by atoms with Gasteiger partial charge in [-0.25, -0.2) is 4.79 Å². The second kappa shape index (κ2) is 12.4. The van der Waals surface area contributed by atoms with Crippen LogP contribution in [0.5, 0.6) is 0 Å². The lowest BCUT2D eigenvalue weighted by atomic mass is 10.0. The van der Waals surface area contributed by atoms with E-state index in [1.807, 2.05) is 26.0 Å². The van der Waals surface area contributed by atoms with Crippen molar-refractivity contribution in [2.75, 3.05) is 0 Å². The van der Waals surface area contributed by atoms with Gasteiger partial charge in [-0.2, -0.15) is 0 Å². The number of ether oxygens (including phenoxy) is 3. The lowest BCUT2D eigenvalue weighted by molar-refractivity contribution is -0.157. The van der Waals surface area contributed by atoms with Crippen molar-refractivity contribution in [3.8, 4) is 0 Å². The number of carbonyl (C=O) groups excluding carboxylic acids is 1. The molecule has 0 N–H and O–H groups in total. The van der Waals surface area contributed by atoms with Crippen LogP contribution in [0.15, 0.2) is 37.5 Å². The molecule has 0 aromatic heterocycles. The Hall–Kier alpha value is -1.04. The van der Waals surface area contributed by atoms with E-state index in [-0.39, 0.29) is 22.3 Å². The Labute approximate surface area is 229 Å². The average Bonchev–Trinajstić information content (AvgIpc) is 3.04. The van der Waals surface area contributed by atoms with Crippen LogP contribution in [0.1, 0.15) is 68.7 Å². The van der Waals surface area contributed by atoms with Crippen molar-refractivity contribution in [3.05, 3.63) is 37.5 Å². The van der Waals surface area contributed by atoms with Crippen molar-refractivity contribution in [2.24, 2.45) is 0 Å². The number of hydrogen-bond acceptors (Lipinski definition) is 6. The van der Waals surface area contributed by atoms with Gasteiger partial charge in [0.2, 0.25) is 0 Å². The molecule has 1 heterocycles. The normalized spacial score (nSPS) is 23.5. The molecule has 5 atom stereocenters. The second-order valence-corrected chi connectivity index (χ2v) is 23.1. The summed E-state index contributed by atoms with van der Waals surface area (Å²) in [5.74, 6) is -1.27. The number of carbonyl (C=O) groups is 1. The molecule has 1 aliphatic heterocycles. The van der Waals surface area contributed by atoms with Crippen LogP contribution in [-0.4, -0.2) is 58.9 Å². The Morgan fingerprint density at radius 1 is 0.919 bits per heavy atom. The molecule has 214 valence electrons. The highest BCUT2D eigenvalue weighted by Gasteiger charge is 2.51. The van der Waals surface area contributed by atoms with Crippen molar-refractivity contribution in [1.29, 1.82) is 0 Å². The fourth-order valence-corrected chi connectivity index (χ4v) is 6.30. The maximum atomic E-state index is 11.9. The lowest BCUT2D eigenvalue weighted by Gasteiger charge is -2.42. The van der Waals surface area contributed by atoms with Crippen LogP contribution in [0.4, 0.5) is 0 Å². The predicted molar refractivity (Wildman–Crippen MR) is 158 cm³/mol. The van der Waals surface area contributed by atoms with Crippen LogP contribution in [0.25, 0.3) is 0 Å². The summed E-state index contributed by atoms with van der Waals surface area (Å²) in [6.07, 6.45) is 5.36. The van der Waals surface area contributed by atoms with Gasteiger partial charge < -0.3 is 23.1 Å². The van der Waals surface area contributed by atoms with Crippen molar-refractivity contribution >= 4 is 22.6 Å². The van der Waals surface area contributed by atoms with Crippen molar-refractivity contribution < 1.29 is 27.9 Å². The van der Waals surface area contributed by atoms with Crippen LogP contribution < -0.4 is 0 Å². The summed E-state index contributed by atoms with van der Waals surface area (Å²) < 4.78 is 32.2. The minimum Gasteiger partial charge on any atom is -0.455 e. The molecule has 0 bridgehead atoms. The van der Waals surface area contributed by atoms with Gasteiger partial charge in [-0.05, 0) is 63.1 Å². The maximum Gasteiger partial charge on any atom is 0.330 e. The zero-order valence-corrected chi connectivity index (χ0v) is 27.8. The van der Waals surface area contributed by atoms with E-state index in [1.54, 1.807) is 6.08 Å². The average molecular weight is 555 g/mol. The van der Waals surface area contributed by atoms with E-state index in [4.69, 9.17) is 23.1 Å². The third-order valence-corrected chi connectivity index (χ3v) is 16.9. The van der Waals surface area contributed by atoms with E-state index in [0.717, 1.165) is 0 Å². The van der Waals surface area contributed by atoms with Gasteiger partial charge in [-0.3, -0.25) is 0 Å². The first kappa shape index (κ1) is 34.0. The van der Waals surface area contributed by atoms with Gasteiger partial charge in [-0.15, -0.1) is 6.58 Å². The minimum absolute atomic E-state index is 0.0113. The molecule has 0 spiro atoms. The smallest absolute Gasteiger partial charge is 0.330 e. The molecule has 0 unspecified atom stereocenters. The molecule has 1 saturated heterocycles. The zero-order valence-electron chi connectivity index (χ0n) is 25.8. The van der Waals surface area contributed by atoms with E-state index < -0.39 is 46.7 Å². The van der Waals surface area contributed by atoms with Gasteiger partial charge in [0.05, 0.1) is 12.2 Å². The molecule has 0 amide bonds. The summed E-state index contributed by atoms with van der Waals surface area (Å²) >= 11 is 0. The molecule has 0 aliphatic carbocycles. The summed E-state index contributed by atoms with van der Waals surface area (Å²) in [6.45, 7) is 35.5. The highest BCUT2D eigenvalue weighted by molar-refractivity contribution is 6.74. The van der Waals surface area contributed by atoms with Crippen LogP contribution in [0.3, 0.4) is 0 Å². The van der Waals surface area contributed by atoms with Gasteiger partial charge in [0.15, 0.2) is 22.4 Å². The summed E-state index contributed by atoms with van der Waals surface area (Å²) in [4.78, 5) is 11.9. The minimum atomic E-state index is -2.22. The largest absolute Gasteiger partial charge is 0.455 e. The van der Waals surface area contributed by atoms with Gasteiger partial charge in [-0.1, -0.05) is 60.3 Å². The first-order valence-corrected chi connectivity index (χ1v) is 19.2. The Balaban J connectivity index is 3.46. The van der Waals surface area contributed by atoms with E-state index in [9.17, 15) is 4.79 Å². The number of hydrogen-bond donors (Lipinski definition) is 0. The Morgan fingerprint density at radius 2 is 1.41 bits per heavy atom. The van der Waals surface area contributed by atoms with Crippen LogP contribution in [0, 0.1) is 0 Å².